The lowest BCUT2D eigenvalue weighted by atomic mass is 10.4. The smallest absolute Gasteiger partial charge is 0.472 e. The van der Waals surface area contributed by atoms with Crippen molar-refractivity contribution in [1.82, 2.24) is 0 Å². The molecule has 1 rings (SSSR count). The maximum Gasteiger partial charge on any atom is 0.472 e. The van der Waals surface area contributed by atoms with Crippen LogP contribution in [0.4, 0.5) is 0 Å². The third kappa shape index (κ3) is 2.63. The summed E-state index contributed by atoms with van der Waals surface area (Å²) >= 11 is 0. The van der Waals surface area contributed by atoms with Crippen LogP contribution >= 0.6 is 7.82 Å². The molecular weight excluding hydrogens is 171 g/mol. The highest BCUT2D eigenvalue weighted by Crippen LogP contribution is 2.49. The molecule has 1 saturated heterocycles. The van der Waals surface area contributed by atoms with Crippen LogP contribution in [0.3, 0.4) is 0 Å². The van der Waals surface area contributed by atoms with Gasteiger partial charge in [-0.3, -0.25) is 9.05 Å². The summed E-state index contributed by atoms with van der Waals surface area (Å²) in [5, 5.41) is 0. The van der Waals surface area contributed by atoms with Gasteiger partial charge in [-0.1, -0.05) is 6.58 Å². The van der Waals surface area contributed by atoms with E-state index in [1.165, 1.54) is 6.26 Å². The summed E-state index contributed by atoms with van der Waals surface area (Å²) in [6.07, 6.45) is 0.771. The summed E-state index contributed by atoms with van der Waals surface area (Å²) in [5.41, 5.74) is 0. The summed E-state index contributed by atoms with van der Waals surface area (Å²) in [7, 11) is -3.75. The van der Waals surface area contributed by atoms with Crippen LogP contribution in [-0.2, 0) is 18.3 Å². The van der Waals surface area contributed by atoms with Crippen LogP contribution in [0.25, 0.3) is 0 Å². The molecule has 1 aliphatic heterocycles. The van der Waals surface area contributed by atoms with E-state index in [-0.39, 0.29) is 13.2 Å². The molecule has 5 nitrogen and oxygen atoms in total. The maximum atomic E-state index is 10.6. The predicted molar refractivity (Wildman–Crippen MR) is 36.8 cm³/mol. The average molecular weight is 180 g/mol. The van der Waals surface area contributed by atoms with Gasteiger partial charge in [-0.15, -0.1) is 0 Å². The topological polar surface area (TPSA) is 65.0 Å². The Morgan fingerprint density at radius 2 is 2.64 bits per heavy atom. The quantitative estimate of drug-likeness (QED) is 0.510. The Morgan fingerprint density at radius 1 is 1.91 bits per heavy atom. The molecule has 1 N–H and O–H groups in total. The minimum absolute atomic E-state index is 0.0849. The van der Waals surface area contributed by atoms with Crippen molar-refractivity contribution < 1.29 is 23.2 Å². The van der Waals surface area contributed by atoms with E-state index in [1.54, 1.807) is 0 Å². The minimum atomic E-state index is -3.75. The van der Waals surface area contributed by atoms with Gasteiger partial charge in [-0.2, -0.15) is 0 Å². The molecule has 64 valence electrons. The molecule has 0 bridgehead atoms. The standard InChI is InChI=1S/C5H9O5P/c1-2-8-3-5-4-9-11(6,7)10-5/h2,5H,1,3-4H2,(H,6,7). The Hall–Kier alpha value is -0.350. The van der Waals surface area contributed by atoms with E-state index in [9.17, 15) is 4.57 Å². The number of phosphoric acid groups is 1. The second kappa shape index (κ2) is 3.36. The molecule has 2 atom stereocenters. The van der Waals surface area contributed by atoms with Crippen LogP contribution in [0.15, 0.2) is 12.8 Å². The second-order valence-electron chi connectivity index (χ2n) is 1.99. The van der Waals surface area contributed by atoms with Crippen LogP contribution in [0.5, 0.6) is 0 Å². The van der Waals surface area contributed by atoms with E-state index in [0.29, 0.717) is 0 Å². The van der Waals surface area contributed by atoms with Crippen molar-refractivity contribution in [2.75, 3.05) is 13.2 Å². The molecule has 0 aromatic rings. The molecule has 11 heavy (non-hydrogen) atoms. The number of ether oxygens (including phenoxy) is 1. The fourth-order valence-electron chi connectivity index (χ4n) is 0.680. The van der Waals surface area contributed by atoms with E-state index < -0.39 is 13.9 Å². The zero-order chi connectivity index (χ0) is 8.32. The number of hydrogen-bond acceptors (Lipinski definition) is 4. The van der Waals surface area contributed by atoms with E-state index in [2.05, 4.69) is 15.6 Å². The van der Waals surface area contributed by atoms with E-state index >= 15 is 0 Å². The van der Waals surface area contributed by atoms with E-state index in [0.717, 1.165) is 0 Å². The van der Waals surface area contributed by atoms with Gasteiger partial charge in [0.15, 0.2) is 0 Å². The van der Waals surface area contributed by atoms with Crippen molar-refractivity contribution >= 4 is 7.82 Å². The zero-order valence-electron chi connectivity index (χ0n) is 5.80. The highest BCUT2D eigenvalue weighted by molar-refractivity contribution is 7.47. The highest BCUT2D eigenvalue weighted by atomic mass is 31.2. The first kappa shape index (κ1) is 8.74. The fraction of sp³-hybridized carbons (Fsp3) is 0.600. The van der Waals surface area contributed by atoms with Crippen molar-refractivity contribution in [1.29, 1.82) is 0 Å². The first-order valence-electron chi connectivity index (χ1n) is 3.02. The van der Waals surface area contributed by atoms with Gasteiger partial charge in [-0.25, -0.2) is 4.57 Å². The van der Waals surface area contributed by atoms with Crippen molar-refractivity contribution in [2.24, 2.45) is 0 Å². The van der Waals surface area contributed by atoms with Crippen LogP contribution in [-0.4, -0.2) is 24.2 Å². The van der Waals surface area contributed by atoms with Gasteiger partial charge >= 0.3 is 7.82 Å². The molecule has 2 unspecified atom stereocenters. The zero-order valence-corrected chi connectivity index (χ0v) is 6.70. The molecule has 1 fully saturated rings. The first-order chi connectivity index (χ1) is 5.14. The van der Waals surface area contributed by atoms with Gasteiger partial charge in [0.2, 0.25) is 0 Å². The van der Waals surface area contributed by atoms with Gasteiger partial charge < -0.3 is 9.63 Å². The molecule has 6 heteroatoms. The van der Waals surface area contributed by atoms with Gasteiger partial charge in [0.25, 0.3) is 0 Å². The average Bonchev–Trinajstić information content (AvgIpc) is 2.26. The number of phosphoric ester groups is 1. The molecule has 0 aromatic carbocycles. The van der Waals surface area contributed by atoms with Gasteiger partial charge in [0.1, 0.15) is 12.7 Å². The van der Waals surface area contributed by atoms with E-state index in [1.807, 2.05) is 0 Å². The van der Waals surface area contributed by atoms with E-state index in [4.69, 9.17) is 9.63 Å². The van der Waals surface area contributed by atoms with Crippen LogP contribution in [0.1, 0.15) is 0 Å². The van der Waals surface area contributed by atoms with Crippen molar-refractivity contribution in [2.45, 2.75) is 6.10 Å². The Labute approximate surface area is 64.2 Å². The molecule has 0 saturated carbocycles. The van der Waals surface area contributed by atoms with Crippen LogP contribution in [0, 0.1) is 0 Å². The maximum absolute atomic E-state index is 10.6. The summed E-state index contributed by atoms with van der Waals surface area (Å²) in [4.78, 5) is 8.69. The first-order valence-corrected chi connectivity index (χ1v) is 4.52. The summed E-state index contributed by atoms with van der Waals surface area (Å²) in [6.45, 7) is 3.58. The Balaban J connectivity index is 2.30. The fourth-order valence-corrected chi connectivity index (χ4v) is 1.59. The van der Waals surface area contributed by atoms with Gasteiger partial charge in [-0.05, 0) is 0 Å². The Morgan fingerprint density at radius 3 is 3.09 bits per heavy atom. The summed E-state index contributed by atoms with van der Waals surface area (Å²) in [6, 6.07) is 0. The third-order valence-electron chi connectivity index (χ3n) is 1.11. The van der Waals surface area contributed by atoms with Crippen molar-refractivity contribution in [3.63, 3.8) is 0 Å². The molecule has 1 heterocycles. The predicted octanol–water partition coefficient (Wildman–Crippen LogP) is 0.662. The molecule has 1 aliphatic rings. The summed E-state index contributed by atoms with van der Waals surface area (Å²) in [5.74, 6) is 0. The van der Waals surface area contributed by atoms with Crippen molar-refractivity contribution in [3.05, 3.63) is 12.8 Å². The second-order valence-corrected chi connectivity index (χ2v) is 3.40. The lowest BCUT2D eigenvalue weighted by Crippen LogP contribution is -2.15. The Bertz CT molecular complexity index is 191. The number of hydrogen-bond donors (Lipinski definition) is 1. The van der Waals surface area contributed by atoms with Gasteiger partial charge in [0.05, 0.1) is 12.9 Å². The monoisotopic (exact) mass is 180 g/mol. The van der Waals surface area contributed by atoms with Crippen molar-refractivity contribution in [3.8, 4) is 0 Å². The highest BCUT2D eigenvalue weighted by Gasteiger charge is 2.35. The molecule has 0 aromatic heterocycles. The molecule has 0 amide bonds. The molecule has 0 spiro atoms. The minimum Gasteiger partial charge on any atom is -0.499 e. The molecule has 0 aliphatic carbocycles. The molecular formula is C5H9O5P. The summed E-state index contributed by atoms with van der Waals surface area (Å²) < 4.78 is 24.3. The van der Waals surface area contributed by atoms with Crippen LogP contribution in [0.2, 0.25) is 0 Å². The Kier molecular flexibility index (Phi) is 2.67. The lowest BCUT2D eigenvalue weighted by Gasteiger charge is -2.05. The largest absolute Gasteiger partial charge is 0.499 e. The normalized spacial score (nSPS) is 37.0. The molecule has 0 radical (unpaired) electrons. The van der Waals surface area contributed by atoms with Gasteiger partial charge in [0, 0.05) is 0 Å². The lowest BCUT2D eigenvalue weighted by molar-refractivity contribution is 0.114. The SMILES string of the molecule is C=COCC1COP(=O)(O)O1. The third-order valence-corrected chi connectivity index (χ3v) is 2.15. The number of rotatable bonds is 3. The van der Waals surface area contributed by atoms with Crippen LogP contribution < -0.4 is 0 Å².